The fourth-order valence-corrected chi connectivity index (χ4v) is 4.54. The monoisotopic (exact) mass is 426 g/mol. The number of amides is 1. The van der Waals surface area contributed by atoms with Crippen molar-refractivity contribution in [3.63, 3.8) is 0 Å². The third-order valence-corrected chi connectivity index (χ3v) is 6.17. The first-order valence-electron chi connectivity index (χ1n) is 8.47. The number of anilines is 1. The highest BCUT2D eigenvalue weighted by molar-refractivity contribution is 8.01. The molecule has 4 rings (SSSR count). The van der Waals surface area contributed by atoms with E-state index in [2.05, 4.69) is 10.3 Å². The number of thioether (sulfide) groups is 1. The molecule has 7 heteroatoms. The molecule has 4 aromatic rings. The van der Waals surface area contributed by atoms with E-state index in [1.807, 2.05) is 66.7 Å². The molecule has 0 saturated carbocycles. The zero-order valence-corrected chi connectivity index (χ0v) is 17.0. The Morgan fingerprint density at radius 1 is 1.04 bits per heavy atom. The van der Waals surface area contributed by atoms with Crippen LogP contribution in [0.15, 0.2) is 77.1 Å². The highest BCUT2D eigenvalue weighted by atomic mass is 35.5. The highest BCUT2D eigenvalue weighted by Gasteiger charge is 2.09. The highest BCUT2D eigenvalue weighted by Crippen LogP contribution is 2.31. The van der Waals surface area contributed by atoms with Crippen LogP contribution in [0.3, 0.4) is 0 Å². The molecule has 28 heavy (non-hydrogen) atoms. The van der Waals surface area contributed by atoms with Crippen LogP contribution in [0.5, 0.6) is 11.5 Å². The molecule has 0 bridgehead atoms. The Balaban J connectivity index is 1.36. The van der Waals surface area contributed by atoms with Crippen LogP contribution in [0.2, 0.25) is 5.02 Å². The van der Waals surface area contributed by atoms with Crippen molar-refractivity contribution in [2.24, 2.45) is 0 Å². The van der Waals surface area contributed by atoms with Gasteiger partial charge in [0.25, 0.3) is 0 Å². The number of carbonyl (C=O) groups excluding carboxylic acids is 1. The van der Waals surface area contributed by atoms with E-state index in [-0.39, 0.29) is 11.7 Å². The van der Waals surface area contributed by atoms with Crippen LogP contribution in [0, 0.1) is 0 Å². The van der Waals surface area contributed by atoms with Gasteiger partial charge in [-0.25, -0.2) is 4.98 Å². The van der Waals surface area contributed by atoms with Gasteiger partial charge in [0.1, 0.15) is 11.5 Å². The zero-order chi connectivity index (χ0) is 19.3. The molecule has 140 valence electrons. The summed E-state index contributed by atoms with van der Waals surface area (Å²) in [6.07, 6.45) is 0. The first-order valence-corrected chi connectivity index (χ1v) is 10.7. The fraction of sp³-hybridized carbons (Fsp3) is 0.0476. The molecule has 1 aromatic heterocycles. The summed E-state index contributed by atoms with van der Waals surface area (Å²) in [5.74, 6) is 1.59. The topological polar surface area (TPSA) is 51.2 Å². The lowest BCUT2D eigenvalue weighted by molar-refractivity contribution is -0.113. The van der Waals surface area contributed by atoms with Gasteiger partial charge in [0.2, 0.25) is 5.91 Å². The van der Waals surface area contributed by atoms with Crippen molar-refractivity contribution in [3.8, 4) is 11.5 Å². The normalized spacial score (nSPS) is 10.8. The smallest absolute Gasteiger partial charge is 0.234 e. The molecule has 4 nitrogen and oxygen atoms in total. The molecule has 0 aliphatic heterocycles. The number of nitrogens with zero attached hydrogens (tertiary/aromatic N) is 1. The van der Waals surface area contributed by atoms with Crippen molar-refractivity contribution in [3.05, 3.63) is 77.8 Å². The van der Waals surface area contributed by atoms with Gasteiger partial charge in [-0.3, -0.25) is 4.79 Å². The summed E-state index contributed by atoms with van der Waals surface area (Å²) in [7, 11) is 0. The molecular formula is C21H15ClN2O2S2. The van der Waals surface area contributed by atoms with Gasteiger partial charge in [-0.2, -0.15) is 0 Å². The summed E-state index contributed by atoms with van der Waals surface area (Å²) in [6.45, 7) is 0. The number of halogens is 1. The second-order valence-electron chi connectivity index (χ2n) is 5.87. The Hall–Kier alpha value is -2.54. The van der Waals surface area contributed by atoms with Gasteiger partial charge < -0.3 is 10.1 Å². The lowest BCUT2D eigenvalue weighted by atomic mass is 10.3. The zero-order valence-electron chi connectivity index (χ0n) is 14.6. The van der Waals surface area contributed by atoms with Gasteiger partial charge >= 0.3 is 0 Å². The Bertz CT molecular complexity index is 1120. The molecule has 1 N–H and O–H groups in total. The molecule has 0 spiro atoms. The van der Waals surface area contributed by atoms with Crippen LogP contribution in [-0.4, -0.2) is 16.6 Å². The summed E-state index contributed by atoms with van der Waals surface area (Å²) in [4.78, 5) is 16.8. The molecule has 0 fully saturated rings. The Morgan fingerprint density at radius 2 is 1.86 bits per heavy atom. The number of fused-ring (bicyclic) bond motifs is 1. The number of hydrogen-bond acceptors (Lipinski definition) is 5. The van der Waals surface area contributed by atoms with Gasteiger partial charge in [-0.1, -0.05) is 47.6 Å². The maximum atomic E-state index is 12.3. The maximum absolute atomic E-state index is 12.3. The number of benzene rings is 3. The second-order valence-corrected chi connectivity index (χ2v) is 8.56. The quantitative estimate of drug-likeness (QED) is 0.359. The number of hydrogen-bond donors (Lipinski definition) is 1. The van der Waals surface area contributed by atoms with E-state index in [1.165, 1.54) is 11.8 Å². The van der Waals surface area contributed by atoms with Crippen LogP contribution < -0.4 is 10.1 Å². The number of para-hydroxylation sites is 1. The molecule has 1 amide bonds. The summed E-state index contributed by atoms with van der Waals surface area (Å²) in [6, 6.07) is 22.5. The minimum absolute atomic E-state index is 0.0980. The summed E-state index contributed by atoms with van der Waals surface area (Å²) in [5, 5.41) is 3.55. The van der Waals surface area contributed by atoms with Crippen molar-refractivity contribution in [2.75, 3.05) is 11.1 Å². The van der Waals surface area contributed by atoms with Gasteiger partial charge in [0.15, 0.2) is 4.34 Å². The summed E-state index contributed by atoms with van der Waals surface area (Å²) in [5.41, 5.74) is 1.54. The minimum Gasteiger partial charge on any atom is -0.457 e. The van der Waals surface area contributed by atoms with Gasteiger partial charge in [-0.15, -0.1) is 11.3 Å². The van der Waals surface area contributed by atoms with Crippen LogP contribution >= 0.6 is 34.7 Å². The number of nitrogens with one attached hydrogen (secondary N) is 1. The average Bonchev–Trinajstić information content (AvgIpc) is 3.09. The lowest BCUT2D eigenvalue weighted by Gasteiger charge is -2.08. The van der Waals surface area contributed by atoms with E-state index in [0.717, 1.165) is 20.3 Å². The van der Waals surface area contributed by atoms with E-state index in [9.17, 15) is 4.79 Å². The lowest BCUT2D eigenvalue weighted by Crippen LogP contribution is -2.13. The predicted molar refractivity (Wildman–Crippen MR) is 117 cm³/mol. The molecule has 0 atom stereocenters. The average molecular weight is 427 g/mol. The van der Waals surface area contributed by atoms with Crippen molar-refractivity contribution in [1.29, 1.82) is 0 Å². The standard InChI is InChI=1S/C21H15ClN2O2S2/c22-14-9-10-19-18(11-14)24-21(28-19)27-13-20(25)23-15-5-4-8-17(12-15)26-16-6-2-1-3-7-16/h1-12H,13H2,(H,23,25). The van der Waals surface area contributed by atoms with E-state index in [4.69, 9.17) is 16.3 Å². The molecule has 0 radical (unpaired) electrons. The van der Waals surface area contributed by atoms with Gasteiger partial charge in [-0.05, 0) is 42.5 Å². The van der Waals surface area contributed by atoms with Crippen LogP contribution in [0.1, 0.15) is 0 Å². The first-order chi connectivity index (χ1) is 13.7. The van der Waals surface area contributed by atoms with E-state index in [0.29, 0.717) is 16.5 Å². The SMILES string of the molecule is O=C(CSc1nc2cc(Cl)ccc2s1)Nc1cccc(Oc2ccccc2)c1. The van der Waals surface area contributed by atoms with Crippen molar-refractivity contribution < 1.29 is 9.53 Å². The van der Waals surface area contributed by atoms with Crippen molar-refractivity contribution >= 4 is 56.5 Å². The molecule has 0 saturated heterocycles. The number of rotatable bonds is 6. The van der Waals surface area contributed by atoms with E-state index >= 15 is 0 Å². The summed E-state index contributed by atoms with van der Waals surface area (Å²) >= 11 is 8.95. The maximum Gasteiger partial charge on any atom is 0.234 e. The number of ether oxygens (including phenoxy) is 1. The largest absolute Gasteiger partial charge is 0.457 e. The van der Waals surface area contributed by atoms with Crippen LogP contribution in [0.4, 0.5) is 5.69 Å². The van der Waals surface area contributed by atoms with Crippen LogP contribution in [-0.2, 0) is 4.79 Å². The van der Waals surface area contributed by atoms with Gasteiger partial charge in [0.05, 0.1) is 16.0 Å². The molecule has 0 unspecified atom stereocenters. The van der Waals surface area contributed by atoms with E-state index < -0.39 is 0 Å². The molecule has 1 heterocycles. The Labute approximate surface area is 175 Å². The van der Waals surface area contributed by atoms with Gasteiger partial charge in [0, 0.05) is 16.8 Å². The Kier molecular flexibility index (Phi) is 5.81. The van der Waals surface area contributed by atoms with E-state index in [1.54, 1.807) is 17.4 Å². The summed E-state index contributed by atoms with van der Waals surface area (Å²) < 4.78 is 7.69. The third-order valence-electron chi connectivity index (χ3n) is 3.75. The minimum atomic E-state index is -0.0980. The first kappa shape index (κ1) is 18.8. The Morgan fingerprint density at radius 3 is 2.71 bits per heavy atom. The molecule has 3 aromatic carbocycles. The fourth-order valence-electron chi connectivity index (χ4n) is 2.53. The molecular weight excluding hydrogens is 412 g/mol. The predicted octanol–water partition coefficient (Wildman–Crippen LogP) is 6.47. The number of carbonyl (C=O) groups is 1. The number of aromatic nitrogens is 1. The van der Waals surface area contributed by atoms with Crippen molar-refractivity contribution in [1.82, 2.24) is 4.98 Å². The third kappa shape index (κ3) is 4.84. The second kappa shape index (κ2) is 8.65. The van der Waals surface area contributed by atoms with Crippen molar-refractivity contribution in [2.45, 2.75) is 4.34 Å². The molecule has 0 aliphatic carbocycles. The van der Waals surface area contributed by atoms with Crippen LogP contribution in [0.25, 0.3) is 10.2 Å². The molecule has 0 aliphatic rings. The number of thiazole rings is 1.